The van der Waals surface area contributed by atoms with Crippen LogP contribution in [0.1, 0.15) is 20.3 Å². The molecule has 1 N–H and O–H groups in total. The molecule has 1 aliphatic heterocycles. The zero-order chi connectivity index (χ0) is 9.14. The number of carbonyl (C=O) groups is 1. The van der Waals surface area contributed by atoms with Gasteiger partial charge in [-0.3, -0.25) is 4.79 Å². The van der Waals surface area contributed by atoms with E-state index in [2.05, 4.69) is 5.32 Å². The van der Waals surface area contributed by atoms with Gasteiger partial charge in [0, 0.05) is 25.0 Å². The minimum atomic E-state index is 0. The molecule has 3 nitrogen and oxygen atoms in total. The number of halogens is 1. The number of likely N-dealkylation sites (tertiary alicyclic amines) is 1. The summed E-state index contributed by atoms with van der Waals surface area (Å²) in [5.41, 5.74) is 0. The molecule has 0 unspecified atom stereocenters. The smallest absolute Gasteiger partial charge is 0.225 e. The lowest BCUT2D eigenvalue weighted by Crippen LogP contribution is -2.35. The highest BCUT2D eigenvalue weighted by Gasteiger charge is 2.25. The Morgan fingerprint density at radius 1 is 1.54 bits per heavy atom. The van der Waals surface area contributed by atoms with Gasteiger partial charge in [-0.2, -0.15) is 0 Å². The lowest BCUT2D eigenvalue weighted by atomic mass is 10.2. The van der Waals surface area contributed by atoms with E-state index in [4.69, 9.17) is 0 Å². The van der Waals surface area contributed by atoms with Crippen molar-refractivity contribution in [3.05, 3.63) is 0 Å². The highest BCUT2D eigenvalue weighted by atomic mass is 35.5. The standard InChI is InChI=1S/C9H18N2O.ClH/c1-7(2)9(12)11-5-4-8(6-11)10-3;/h7-8,10H,4-6H2,1-3H3;1H/t8-;/m1./s1. The highest BCUT2D eigenvalue weighted by Crippen LogP contribution is 2.11. The summed E-state index contributed by atoms with van der Waals surface area (Å²) >= 11 is 0. The fourth-order valence-corrected chi connectivity index (χ4v) is 1.56. The summed E-state index contributed by atoms with van der Waals surface area (Å²) in [4.78, 5) is 13.5. The number of rotatable bonds is 2. The maximum atomic E-state index is 11.5. The van der Waals surface area contributed by atoms with Gasteiger partial charge in [0.05, 0.1) is 0 Å². The molecule has 4 heteroatoms. The molecule has 1 fully saturated rings. The molecule has 0 aliphatic carbocycles. The van der Waals surface area contributed by atoms with Gasteiger partial charge in [0.25, 0.3) is 0 Å². The van der Waals surface area contributed by atoms with E-state index in [1.54, 1.807) is 0 Å². The van der Waals surface area contributed by atoms with Gasteiger partial charge in [0.1, 0.15) is 0 Å². The molecule has 1 amide bonds. The molecule has 13 heavy (non-hydrogen) atoms. The summed E-state index contributed by atoms with van der Waals surface area (Å²) in [6, 6.07) is 0.507. The minimum absolute atomic E-state index is 0. The van der Waals surface area contributed by atoms with Crippen molar-refractivity contribution in [2.75, 3.05) is 20.1 Å². The first-order valence-electron chi connectivity index (χ1n) is 4.61. The average molecular weight is 207 g/mol. The third kappa shape index (κ3) is 3.16. The first-order chi connectivity index (χ1) is 5.65. The number of amides is 1. The van der Waals surface area contributed by atoms with Gasteiger partial charge in [-0.25, -0.2) is 0 Å². The Kier molecular flexibility index (Phi) is 5.33. The molecule has 0 aromatic rings. The maximum Gasteiger partial charge on any atom is 0.225 e. The zero-order valence-corrected chi connectivity index (χ0v) is 9.36. The average Bonchev–Trinajstić information content (AvgIpc) is 2.50. The van der Waals surface area contributed by atoms with Crippen LogP contribution in [0.4, 0.5) is 0 Å². The van der Waals surface area contributed by atoms with E-state index in [-0.39, 0.29) is 24.2 Å². The molecular weight excluding hydrogens is 188 g/mol. The summed E-state index contributed by atoms with van der Waals surface area (Å²) in [6.45, 7) is 5.71. The van der Waals surface area contributed by atoms with Crippen molar-refractivity contribution in [3.63, 3.8) is 0 Å². The summed E-state index contributed by atoms with van der Waals surface area (Å²) in [5.74, 6) is 0.424. The van der Waals surface area contributed by atoms with E-state index in [1.807, 2.05) is 25.8 Å². The third-order valence-corrected chi connectivity index (χ3v) is 2.40. The predicted octanol–water partition coefficient (Wildman–Crippen LogP) is 0.884. The highest BCUT2D eigenvalue weighted by molar-refractivity contribution is 5.85. The number of hydrogen-bond acceptors (Lipinski definition) is 2. The van der Waals surface area contributed by atoms with Crippen molar-refractivity contribution < 1.29 is 4.79 Å². The monoisotopic (exact) mass is 206 g/mol. The van der Waals surface area contributed by atoms with Gasteiger partial charge in [-0.1, -0.05) is 13.8 Å². The second-order valence-corrected chi connectivity index (χ2v) is 3.71. The molecule has 0 spiro atoms. The fourth-order valence-electron chi connectivity index (χ4n) is 1.56. The number of likely N-dealkylation sites (N-methyl/N-ethyl adjacent to an activating group) is 1. The molecule has 1 atom stereocenters. The van der Waals surface area contributed by atoms with Crippen molar-refractivity contribution in [2.24, 2.45) is 5.92 Å². The lowest BCUT2D eigenvalue weighted by molar-refractivity contribution is -0.133. The lowest BCUT2D eigenvalue weighted by Gasteiger charge is -2.18. The van der Waals surface area contributed by atoms with Crippen LogP contribution in [0.3, 0.4) is 0 Å². The SMILES string of the molecule is CN[C@@H]1CCN(C(=O)C(C)C)C1.Cl. The van der Waals surface area contributed by atoms with E-state index in [9.17, 15) is 4.79 Å². The molecule has 1 heterocycles. The molecule has 0 aromatic heterocycles. The first-order valence-corrected chi connectivity index (χ1v) is 4.61. The van der Waals surface area contributed by atoms with Crippen LogP contribution in [0, 0.1) is 5.92 Å². The quantitative estimate of drug-likeness (QED) is 0.728. The van der Waals surface area contributed by atoms with Crippen LogP contribution in [0.15, 0.2) is 0 Å². The van der Waals surface area contributed by atoms with Gasteiger partial charge in [-0.15, -0.1) is 12.4 Å². The van der Waals surface area contributed by atoms with Gasteiger partial charge in [-0.05, 0) is 13.5 Å². The van der Waals surface area contributed by atoms with Crippen molar-refractivity contribution in [1.82, 2.24) is 10.2 Å². The fraction of sp³-hybridized carbons (Fsp3) is 0.889. The Morgan fingerprint density at radius 3 is 2.54 bits per heavy atom. The van der Waals surface area contributed by atoms with Crippen LogP contribution >= 0.6 is 12.4 Å². The van der Waals surface area contributed by atoms with Crippen LogP contribution in [-0.2, 0) is 4.79 Å². The molecule has 0 aromatic carbocycles. The molecule has 0 radical (unpaired) electrons. The van der Waals surface area contributed by atoms with Crippen molar-refractivity contribution in [3.8, 4) is 0 Å². The molecular formula is C9H19ClN2O. The van der Waals surface area contributed by atoms with E-state index >= 15 is 0 Å². The molecule has 1 aliphatic rings. The van der Waals surface area contributed by atoms with Gasteiger partial charge in [0.2, 0.25) is 5.91 Å². The Morgan fingerprint density at radius 2 is 2.15 bits per heavy atom. The van der Waals surface area contributed by atoms with Gasteiger partial charge in [0.15, 0.2) is 0 Å². The Balaban J connectivity index is 0.00000144. The van der Waals surface area contributed by atoms with E-state index in [0.717, 1.165) is 19.5 Å². The predicted molar refractivity (Wildman–Crippen MR) is 56.1 cm³/mol. The largest absolute Gasteiger partial charge is 0.341 e. The Bertz CT molecular complexity index is 173. The molecule has 78 valence electrons. The number of nitrogens with zero attached hydrogens (tertiary/aromatic N) is 1. The molecule has 0 saturated carbocycles. The van der Waals surface area contributed by atoms with Crippen LogP contribution in [0.5, 0.6) is 0 Å². The Labute approximate surface area is 86.3 Å². The first kappa shape index (κ1) is 12.7. The van der Waals surface area contributed by atoms with Gasteiger partial charge < -0.3 is 10.2 Å². The number of carbonyl (C=O) groups excluding carboxylic acids is 1. The van der Waals surface area contributed by atoms with Crippen LogP contribution in [0.2, 0.25) is 0 Å². The second-order valence-electron chi connectivity index (χ2n) is 3.71. The number of hydrogen-bond donors (Lipinski definition) is 1. The van der Waals surface area contributed by atoms with Crippen LogP contribution in [-0.4, -0.2) is 37.0 Å². The van der Waals surface area contributed by atoms with Crippen molar-refractivity contribution in [1.29, 1.82) is 0 Å². The zero-order valence-electron chi connectivity index (χ0n) is 8.54. The van der Waals surface area contributed by atoms with Crippen molar-refractivity contribution in [2.45, 2.75) is 26.3 Å². The normalized spacial score (nSPS) is 21.8. The van der Waals surface area contributed by atoms with E-state index in [0.29, 0.717) is 6.04 Å². The molecule has 1 saturated heterocycles. The minimum Gasteiger partial charge on any atom is -0.341 e. The van der Waals surface area contributed by atoms with Gasteiger partial charge >= 0.3 is 0 Å². The molecule has 1 rings (SSSR count). The number of nitrogens with one attached hydrogen (secondary N) is 1. The topological polar surface area (TPSA) is 32.3 Å². The maximum absolute atomic E-state index is 11.5. The summed E-state index contributed by atoms with van der Waals surface area (Å²) in [6.07, 6.45) is 1.09. The summed E-state index contributed by atoms with van der Waals surface area (Å²) in [7, 11) is 1.95. The summed E-state index contributed by atoms with van der Waals surface area (Å²) < 4.78 is 0. The van der Waals surface area contributed by atoms with E-state index in [1.165, 1.54) is 0 Å². The van der Waals surface area contributed by atoms with Crippen LogP contribution in [0.25, 0.3) is 0 Å². The third-order valence-electron chi connectivity index (χ3n) is 2.40. The van der Waals surface area contributed by atoms with E-state index < -0.39 is 0 Å². The second kappa shape index (κ2) is 5.45. The summed E-state index contributed by atoms with van der Waals surface area (Å²) in [5, 5.41) is 3.19. The Hall–Kier alpha value is -0.280. The molecule has 0 bridgehead atoms. The van der Waals surface area contributed by atoms with Crippen molar-refractivity contribution >= 4 is 18.3 Å². The van der Waals surface area contributed by atoms with Crippen LogP contribution < -0.4 is 5.32 Å².